The van der Waals surface area contributed by atoms with E-state index < -0.39 is 15.4 Å². The molecule has 0 aromatic rings. The SMILES string of the molecule is CCOC(=O)[C@@]12CCCN(S(=O)(=O)CC)C[C@@H]1CN(C(C)C)C2. The van der Waals surface area contributed by atoms with Gasteiger partial charge in [-0.2, -0.15) is 0 Å². The van der Waals surface area contributed by atoms with Crippen LogP contribution in [0.5, 0.6) is 0 Å². The Morgan fingerprint density at radius 2 is 2.00 bits per heavy atom. The van der Waals surface area contributed by atoms with Gasteiger partial charge in [0.1, 0.15) is 0 Å². The first-order valence-electron chi connectivity index (χ1n) is 8.66. The molecule has 134 valence electrons. The van der Waals surface area contributed by atoms with Crippen molar-refractivity contribution in [2.75, 3.05) is 38.5 Å². The zero-order valence-electron chi connectivity index (χ0n) is 14.7. The van der Waals surface area contributed by atoms with Crippen molar-refractivity contribution in [2.24, 2.45) is 11.3 Å². The maximum Gasteiger partial charge on any atom is 0.313 e. The Morgan fingerprint density at radius 1 is 1.30 bits per heavy atom. The second-order valence-electron chi connectivity index (χ2n) is 6.96. The maximum atomic E-state index is 12.7. The fourth-order valence-corrected chi connectivity index (χ4v) is 5.05. The van der Waals surface area contributed by atoms with Gasteiger partial charge in [-0.15, -0.1) is 0 Å². The van der Waals surface area contributed by atoms with Gasteiger partial charge in [-0.1, -0.05) is 0 Å². The lowest BCUT2D eigenvalue weighted by Crippen LogP contribution is -2.44. The molecule has 0 aliphatic carbocycles. The highest BCUT2D eigenvalue weighted by Crippen LogP contribution is 2.44. The first-order chi connectivity index (χ1) is 10.8. The van der Waals surface area contributed by atoms with E-state index in [0.29, 0.717) is 45.1 Å². The highest BCUT2D eigenvalue weighted by atomic mass is 32.2. The van der Waals surface area contributed by atoms with E-state index in [2.05, 4.69) is 18.7 Å². The molecule has 7 heteroatoms. The van der Waals surface area contributed by atoms with E-state index in [1.54, 1.807) is 11.2 Å². The van der Waals surface area contributed by atoms with E-state index in [1.165, 1.54) is 0 Å². The average Bonchev–Trinajstić information content (AvgIpc) is 2.77. The lowest BCUT2D eigenvalue weighted by molar-refractivity contribution is -0.157. The molecule has 0 aromatic carbocycles. The van der Waals surface area contributed by atoms with Crippen molar-refractivity contribution in [2.45, 2.75) is 46.6 Å². The van der Waals surface area contributed by atoms with Crippen LogP contribution >= 0.6 is 0 Å². The molecule has 0 amide bonds. The molecule has 6 nitrogen and oxygen atoms in total. The number of carbonyl (C=O) groups is 1. The lowest BCUT2D eigenvalue weighted by Gasteiger charge is -2.31. The summed E-state index contributed by atoms with van der Waals surface area (Å²) in [7, 11) is -3.22. The molecular weight excluding hydrogens is 316 g/mol. The van der Waals surface area contributed by atoms with Crippen LogP contribution in [0.15, 0.2) is 0 Å². The molecule has 2 heterocycles. The van der Waals surface area contributed by atoms with E-state index in [0.717, 1.165) is 6.54 Å². The summed E-state index contributed by atoms with van der Waals surface area (Å²) in [5.41, 5.74) is -0.557. The normalized spacial score (nSPS) is 30.2. The smallest absolute Gasteiger partial charge is 0.313 e. The number of nitrogens with zero attached hydrogens (tertiary/aromatic N) is 2. The Hall–Kier alpha value is -0.660. The van der Waals surface area contributed by atoms with Crippen molar-refractivity contribution < 1.29 is 17.9 Å². The second-order valence-corrected chi connectivity index (χ2v) is 9.22. The van der Waals surface area contributed by atoms with E-state index in [1.807, 2.05) is 6.92 Å². The number of hydrogen-bond acceptors (Lipinski definition) is 5. The molecule has 0 aromatic heterocycles. The molecule has 0 spiro atoms. The van der Waals surface area contributed by atoms with Crippen molar-refractivity contribution in [3.63, 3.8) is 0 Å². The van der Waals surface area contributed by atoms with Gasteiger partial charge in [0.25, 0.3) is 0 Å². The fraction of sp³-hybridized carbons (Fsp3) is 0.938. The van der Waals surface area contributed by atoms with Gasteiger partial charge in [0.15, 0.2) is 0 Å². The summed E-state index contributed by atoms with van der Waals surface area (Å²) < 4.78 is 31.6. The molecule has 23 heavy (non-hydrogen) atoms. The van der Waals surface area contributed by atoms with Gasteiger partial charge in [0.2, 0.25) is 10.0 Å². The third kappa shape index (κ3) is 3.56. The lowest BCUT2D eigenvalue weighted by atomic mass is 9.75. The quantitative estimate of drug-likeness (QED) is 0.703. The van der Waals surface area contributed by atoms with E-state index in [-0.39, 0.29) is 17.6 Å². The summed E-state index contributed by atoms with van der Waals surface area (Å²) in [6.07, 6.45) is 1.41. The molecule has 0 radical (unpaired) electrons. The molecule has 2 saturated heterocycles. The van der Waals surface area contributed by atoms with Crippen LogP contribution in [-0.4, -0.2) is 68.2 Å². The minimum absolute atomic E-state index is 0.00720. The Balaban J connectivity index is 2.32. The van der Waals surface area contributed by atoms with E-state index in [4.69, 9.17) is 4.74 Å². The Bertz CT molecular complexity index is 534. The van der Waals surface area contributed by atoms with Gasteiger partial charge < -0.3 is 4.74 Å². The minimum Gasteiger partial charge on any atom is -0.466 e. The first-order valence-corrected chi connectivity index (χ1v) is 10.3. The van der Waals surface area contributed by atoms with Crippen molar-refractivity contribution in [3.8, 4) is 0 Å². The monoisotopic (exact) mass is 346 g/mol. The topological polar surface area (TPSA) is 66.9 Å². The number of esters is 1. The Labute approximate surface area is 140 Å². The maximum absolute atomic E-state index is 12.7. The fourth-order valence-electron chi connectivity index (χ4n) is 3.87. The summed E-state index contributed by atoms with van der Waals surface area (Å²) in [6.45, 7) is 10.5. The third-order valence-electron chi connectivity index (χ3n) is 5.35. The number of carbonyl (C=O) groups excluding carboxylic acids is 1. The number of rotatable bonds is 5. The molecular formula is C16H30N2O4S. The second kappa shape index (κ2) is 7.07. The third-order valence-corrected chi connectivity index (χ3v) is 7.19. The molecule has 0 unspecified atom stereocenters. The van der Waals surface area contributed by atoms with Crippen LogP contribution in [0.3, 0.4) is 0 Å². The van der Waals surface area contributed by atoms with E-state index in [9.17, 15) is 13.2 Å². The number of ether oxygens (including phenoxy) is 1. The van der Waals surface area contributed by atoms with Gasteiger partial charge in [0.05, 0.1) is 17.8 Å². The molecule has 0 saturated carbocycles. The van der Waals surface area contributed by atoms with Crippen molar-refractivity contribution >= 4 is 16.0 Å². The van der Waals surface area contributed by atoms with Gasteiger partial charge in [-0.3, -0.25) is 9.69 Å². The van der Waals surface area contributed by atoms with Crippen LogP contribution in [-0.2, 0) is 19.6 Å². The van der Waals surface area contributed by atoms with Crippen LogP contribution in [0, 0.1) is 11.3 Å². The summed E-state index contributed by atoms with van der Waals surface area (Å²) in [4.78, 5) is 15.0. The van der Waals surface area contributed by atoms with E-state index >= 15 is 0 Å². The van der Waals surface area contributed by atoms with Crippen molar-refractivity contribution in [1.29, 1.82) is 0 Å². The van der Waals surface area contributed by atoms with Crippen LogP contribution < -0.4 is 0 Å². The minimum atomic E-state index is -3.22. The number of likely N-dealkylation sites (tertiary alicyclic amines) is 1. The Morgan fingerprint density at radius 3 is 2.57 bits per heavy atom. The number of sulfonamides is 1. The van der Waals surface area contributed by atoms with Crippen molar-refractivity contribution in [1.82, 2.24) is 9.21 Å². The standard InChI is InChI=1S/C16H30N2O4S/c1-5-22-15(19)16-8-7-9-18(23(20,21)6-2)11-14(16)10-17(12-16)13(3)4/h13-14H,5-12H2,1-4H3/t14-,16+/m0/s1. The molecule has 0 bridgehead atoms. The van der Waals surface area contributed by atoms with Gasteiger partial charge in [0, 0.05) is 38.1 Å². The predicted molar refractivity (Wildman–Crippen MR) is 89.5 cm³/mol. The average molecular weight is 346 g/mol. The van der Waals surface area contributed by atoms with Gasteiger partial charge in [-0.25, -0.2) is 12.7 Å². The summed E-state index contributed by atoms with van der Waals surface area (Å²) in [6, 6.07) is 0.337. The first kappa shape index (κ1) is 18.7. The molecule has 2 rings (SSSR count). The van der Waals surface area contributed by atoms with Crippen LogP contribution in [0.4, 0.5) is 0 Å². The summed E-state index contributed by atoms with van der Waals surface area (Å²) in [5.74, 6) is -0.0308. The molecule has 2 aliphatic heterocycles. The molecule has 2 atom stereocenters. The number of hydrogen-bond donors (Lipinski definition) is 0. The van der Waals surface area contributed by atoms with Gasteiger partial charge >= 0.3 is 5.97 Å². The van der Waals surface area contributed by atoms with Crippen LogP contribution in [0.1, 0.15) is 40.5 Å². The summed E-state index contributed by atoms with van der Waals surface area (Å²) in [5, 5.41) is 0. The van der Waals surface area contributed by atoms with Crippen LogP contribution in [0.2, 0.25) is 0 Å². The molecule has 0 N–H and O–H groups in total. The molecule has 2 fully saturated rings. The summed E-state index contributed by atoms with van der Waals surface area (Å²) >= 11 is 0. The highest BCUT2D eigenvalue weighted by molar-refractivity contribution is 7.89. The zero-order valence-corrected chi connectivity index (χ0v) is 15.6. The predicted octanol–water partition coefficient (Wildman–Crippen LogP) is 1.32. The van der Waals surface area contributed by atoms with Crippen molar-refractivity contribution in [3.05, 3.63) is 0 Å². The number of fused-ring (bicyclic) bond motifs is 1. The molecule has 2 aliphatic rings. The largest absolute Gasteiger partial charge is 0.466 e. The zero-order chi connectivity index (χ0) is 17.3. The van der Waals surface area contributed by atoms with Gasteiger partial charge in [-0.05, 0) is 40.5 Å². The van der Waals surface area contributed by atoms with Crippen LogP contribution in [0.25, 0.3) is 0 Å². The highest BCUT2D eigenvalue weighted by Gasteiger charge is 2.55. The Kier molecular flexibility index (Phi) is 5.74.